The van der Waals surface area contributed by atoms with Gasteiger partial charge in [-0.25, -0.2) is 9.18 Å². The van der Waals surface area contributed by atoms with Gasteiger partial charge in [0.1, 0.15) is 23.2 Å². The fourth-order valence-electron chi connectivity index (χ4n) is 6.81. The number of hydrogen-bond donors (Lipinski definition) is 0. The van der Waals surface area contributed by atoms with Crippen molar-refractivity contribution in [3.63, 3.8) is 0 Å². The van der Waals surface area contributed by atoms with Gasteiger partial charge in [0, 0.05) is 45.1 Å². The number of carbonyl (C=O) groups excluding carboxylic acids is 3. The average molecular weight is 683 g/mol. The molecule has 3 aromatic rings. The molecule has 6 rings (SSSR count). The van der Waals surface area contributed by atoms with E-state index in [0.717, 1.165) is 24.0 Å². The smallest absolute Gasteiger partial charge is 0.410 e. The van der Waals surface area contributed by atoms with Crippen molar-refractivity contribution < 1.29 is 33.0 Å². The van der Waals surface area contributed by atoms with Gasteiger partial charge in [0.05, 0.1) is 17.2 Å². The summed E-state index contributed by atoms with van der Waals surface area (Å²) in [5, 5.41) is 9.20. The number of benzene rings is 3. The van der Waals surface area contributed by atoms with Gasteiger partial charge in [-0.1, -0.05) is 30.3 Å². The van der Waals surface area contributed by atoms with E-state index in [0.29, 0.717) is 55.2 Å². The summed E-state index contributed by atoms with van der Waals surface area (Å²) in [4.78, 5) is 46.4. The Kier molecular flexibility index (Phi) is 10.1. The van der Waals surface area contributed by atoms with Crippen molar-refractivity contribution in [3.8, 4) is 22.9 Å². The minimum Gasteiger partial charge on any atom is -0.482 e. The molecule has 3 amide bonds. The van der Waals surface area contributed by atoms with Crippen LogP contribution in [0, 0.1) is 23.1 Å². The Labute approximate surface area is 292 Å². The highest BCUT2D eigenvalue weighted by molar-refractivity contribution is 6.01. The lowest BCUT2D eigenvalue weighted by atomic mass is 9.78. The van der Waals surface area contributed by atoms with Crippen LogP contribution in [0.25, 0.3) is 11.1 Å². The third kappa shape index (κ3) is 7.60. The zero-order valence-corrected chi connectivity index (χ0v) is 29.0. The highest BCUT2D eigenvalue weighted by Crippen LogP contribution is 2.43. The third-order valence-electron chi connectivity index (χ3n) is 9.36. The lowest BCUT2D eigenvalue weighted by molar-refractivity contribution is -0.124. The number of anilines is 2. The number of nitrogens with zero attached hydrogens (tertiary/aromatic N) is 4. The zero-order chi connectivity index (χ0) is 35.6. The van der Waals surface area contributed by atoms with Crippen LogP contribution in [-0.4, -0.2) is 74.4 Å². The van der Waals surface area contributed by atoms with Crippen molar-refractivity contribution >= 4 is 29.3 Å². The Hall–Kier alpha value is -4.95. The number of fused-ring (bicyclic) bond motifs is 1. The van der Waals surface area contributed by atoms with E-state index < -0.39 is 23.4 Å². The average Bonchev–Trinajstić information content (AvgIpc) is 3.93. The fraction of sp³-hybridized carbons (Fsp3) is 0.436. The van der Waals surface area contributed by atoms with Gasteiger partial charge >= 0.3 is 6.09 Å². The quantitative estimate of drug-likeness (QED) is 0.232. The summed E-state index contributed by atoms with van der Waals surface area (Å²) in [7, 11) is 1.62. The van der Waals surface area contributed by atoms with Gasteiger partial charge < -0.3 is 28.9 Å². The van der Waals surface area contributed by atoms with E-state index in [9.17, 15) is 24.0 Å². The van der Waals surface area contributed by atoms with Crippen molar-refractivity contribution in [2.75, 3.05) is 49.8 Å². The minimum atomic E-state index is -0.698. The predicted octanol–water partition coefficient (Wildman–Crippen LogP) is 6.66. The number of likely N-dealkylation sites (tertiary alicyclic amines) is 1. The molecule has 1 aliphatic carbocycles. The maximum atomic E-state index is 15.0. The number of rotatable bonds is 9. The molecule has 11 heteroatoms. The predicted molar refractivity (Wildman–Crippen MR) is 186 cm³/mol. The highest BCUT2D eigenvalue weighted by Gasteiger charge is 2.44. The van der Waals surface area contributed by atoms with Gasteiger partial charge in [0.15, 0.2) is 6.61 Å². The molecular formula is C39H43FN4O6. The van der Waals surface area contributed by atoms with Crippen molar-refractivity contribution in [1.82, 2.24) is 4.90 Å². The van der Waals surface area contributed by atoms with Crippen molar-refractivity contribution in [1.29, 1.82) is 5.26 Å². The molecule has 1 saturated heterocycles. The van der Waals surface area contributed by atoms with E-state index >= 15 is 0 Å². The first kappa shape index (κ1) is 34.9. The van der Waals surface area contributed by atoms with Crippen LogP contribution in [0.5, 0.6) is 5.75 Å². The van der Waals surface area contributed by atoms with Crippen LogP contribution < -0.4 is 14.5 Å². The summed E-state index contributed by atoms with van der Waals surface area (Å²) in [6.45, 7) is 6.91. The van der Waals surface area contributed by atoms with E-state index in [2.05, 4.69) is 0 Å². The molecule has 0 unspecified atom stereocenters. The molecule has 0 bridgehead atoms. The topological polar surface area (TPSA) is 112 Å². The van der Waals surface area contributed by atoms with E-state index in [1.807, 2.05) is 74.2 Å². The van der Waals surface area contributed by atoms with Gasteiger partial charge in [-0.2, -0.15) is 5.26 Å². The molecule has 0 radical (unpaired) electrons. The molecule has 1 saturated carbocycles. The third-order valence-corrected chi connectivity index (χ3v) is 9.36. The van der Waals surface area contributed by atoms with Crippen LogP contribution in [0.3, 0.4) is 0 Å². The number of ether oxygens (including phenoxy) is 3. The maximum absolute atomic E-state index is 15.0. The van der Waals surface area contributed by atoms with E-state index in [4.69, 9.17) is 14.2 Å². The molecule has 3 aliphatic rings. The number of piperidine rings is 1. The normalized spacial score (nSPS) is 18.9. The summed E-state index contributed by atoms with van der Waals surface area (Å²) < 4.78 is 31.3. The van der Waals surface area contributed by atoms with Gasteiger partial charge in [-0.15, -0.1) is 0 Å². The second kappa shape index (κ2) is 14.5. The molecule has 2 fully saturated rings. The number of methoxy groups -OCH3 is 1. The molecule has 2 aliphatic heterocycles. The fourth-order valence-corrected chi connectivity index (χ4v) is 6.81. The number of halogens is 1. The van der Waals surface area contributed by atoms with Crippen LogP contribution >= 0.6 is 0 Å². The van der Waals surface area contributed by atoms with Gasteiger partial charge in [0.2, 0.25) is 5.91 Å². The Morgan fingerprint density at radius 3 is 2.54 bits per heavy atom. The van der Waals surface area contributed by atoms with E-state index in [1.165, 1.54) is 12.1 Å². The van der Waals surface area contributed by atoms with E-state index in [1.54, 1.807) is 23.0 Å². The Balaban J connectivity index is 1.35. The molecule has 0 spiro atoms. The molecule has 10 nitrogen and oxygen atoms in total. The monoisotopic (exact) mass is 682 g/mol. The van der Waals surface area contributed by atoms with Crippen LogP contribution in [-0.2, 0) is 19.1 Å². The first-order chi connectivity index (χ1) is 24.0. The number of hydrogen-bond acceptors (Lipinski definition) is 7. The summed E-state index contributed by atoms with van der Waals surface area (Å²) in [6.07, 6.45) is 2.37. The zero-order valence-electron chi connectivity index (χ0n) is 29.0. The van der Waals surface area contributed by atoms with Gasteiger partial charge in [0.25, 0.3) is 5.91 Å². The number of amides is 3. The lowest BCUT2D eigenvalue weighted by Gasteiger charge is -2.41. The van der Waals surface area contributed by atoms with Crippen LogP contribution in [0.15, 0.2) is 60.7 Å². The Bertz CT molecular complexity index is 1810. The van der Waals surface area contributed by atoms with Crippen LogP contribution in [0.2, 0.25) is 0 Å². The Morgan fingerprint density at radius 2 is 1.84 bits per heavy atom. The minimum absolute atomic E-state index is 0.0202. The number of nitriles is 1. The molecule has 0 aromatic heterocycles. The molecular weight excluding hydrogens is 639 g/mol. The first-order valence-electron chi connectivity index (χ1n) is 17.1. The molecule has 262 valence electrons. The SMILES string of the molecule is COCCCN1C(=O)COc2ccc(N(C(=O)[C@H]3CN(C(=O)OC(C)(C)C)CC[C@@H]3c3cccc(-c4ccc(C#N)c(F)c4)c3)C3CC3)cc21. The summed E-state index contributed by atoms with van der Waals surface area (Å²) in [5.41, 5.74) is 2.85. The molecule has 50 heavy (non-hydrogen) atoms. The Morgan fingerprint density at radius 1 is 1.06 bits per heavy atom. The van der Waals surface area contributed by atoms with Crippen molar-refractivity contribution in [3.05, 3.63) is 77.6 Å². The maximum Gasteiger partial charge on any atom is 0.410 e. The summed E-state index contributed by atoms with van der Waals surface area (Å²) >= 11 is 0. The highest BCUT2D eigenvalue weighted by atomic mass is 19.1. The molecule has 3 aromatic carbocycles. The van der Waals surface area contributed by atoms with E-state index in [-0.39, 0.29) is 42.5 Å². The largest absolute Gasteiger partial charge is 0.482 e. The molecule has 2 atom stereocenters. The summed E-state index contributed by atoms with van der Waals surface area (Å²) in [5.74, 6) is -1.15. The van der Waals surface area contributed by atoms with Crippen molar-refractivity contribution in [2.45, 2.75) is 64.0 Å². The molecule has 2 heterocycles. The standard InChI is InChI=1S/C39H43FN4O6/c1-39(2,3)50-38(47)42-17-15-31(27-8-5-7-25(19-27)26-9-10-28(22-41)33(40)20-26)32(23-42)37(46)44(29-11-12-29)30-13-14-35-34(21-30)43(16-6-18-48-4)36(45)24-49-35/h5,7-10,13-14,19-21,29,31-32H,6,11-12,15-18,23-24H2,1-4H3/t31-,32+/m1/s1. The summed E-state index contributed by atoms with van der Waals surface area (Å²) in [6, 6.07) is 19.6. The van der Waals surface area contributed by atoms with Crippen molar-refractivity contribution in [2.24, 2.45) is 5.92 Å². The second-order valence-electron chi connectivity index (χ2n) is 14.1. The van der Waals surface area contributed by atoms with Gasteiger partial charge in [-0.3, -0.25) is 9.59 Å². The van der Waals surface area contributed by atoms with Crippen LogP contribution in [0.1, 0.15) is 63.5 Å². The van der Waals surface area contributed by atoms with Crippen LogP contribution in [0.4, 0.5) is 20.6 Å². The number of carbonyl (C=O) groups is 3. The lowest BCUT2D eigenvalue weighted by Crippen LogP contribution is -2.51. The second-order valence-corrected chi connectivity index (χ2v) is 14.1. The molecule has 0 N–H and O–H groups in total. The van der Waals surface area contributed by atoms with Gasteiger partial charge in [-0.05, 0) is 99.4 Å². The first-order valence-corrected chi connectivity index (χ1v) is 17.1.